The van der Waals surface area contributed by atoms with Gasteiger partial charge in [-0.25, -0.2) is 0 Å². The second-order valence-electron chi connectivity index (χ2n) is 5.87. The molecule has 0 spiro atoms. The maximum atomic E-state index is 9.87. The molecule has 15 heavy (non-hydrogen) atoms. The number of ether oxygens (including phenoxy) is 1. The van der Waals surface area contributed by atoms with E-state index in [2.05, 4.69) is 20.4 Å². The molecule has 2 nitrogen and oxygen atoms in total. The second-order valence-corrected chi connectivity index (χ2v) is 5.87. The highest BCUT2D eigenvalue weighted by atomic mass is 16.6. The summed E-state index contributed by atoms with van der Waals surface area (Å²) in [7, 11) is 0. The largest absolute Gasteiger partial charge is 0.368 e. The molecule has 6 atom stereocenters. The summed E-state index contributed by atoms with van der Waals surface area (Å²) in [6.45, 7) is 8.95. The highest BCUT2D eigenvalue weighted by Crippen LogP contribution is 2.60. The monoisotopic (exact) mass is 208 g/mol. The summed E-state index contributed by atoms with van der Waals surface area (Å²) in [5.74, 6) is 1.38. The summed E-state index contributed by atoms with van der Waals surface area (Å²) in [4.78, 5) is 0. The van der Waals surface area contributed by atoms with E-state index in [0.717, 1.165) is 12.8 Å². The van der Waals surface area contributed by atoms with Crippen molar-refractivity contribution in [3.05, 3.63) is 12.2 Å². The van der Waals surface area contributed by atoms with Crippen LogP contribution in [0, 0.1) is 23.2 Å². The van der Waals surface area contributed by atoms with Gasteiger partial charge in [-0.05, 0) is 30.6 Å². The molecule has 0 radical (unpaired) electrons. The maximum absolute atomic E-state index is 9.87. The number of aliphatic hydroxyl groups excluding tert-OH is 1. The summed E-state index contributed by atoms with van der Waals surface area (Å²) in [6.07, 6.45) is 3.06. The van der Waals surface area contributed by atoms with Gasteiger partial charge in [0.15, 0.2) is 6.29 Å². The fraction of sp³-hybridized carbons (Fsp3) is 0.846. The highest BCUT2D eigenvalue weighted by Gasteiger charge is 2.57. The second kappa shape index (κ2) is 2.86. The van der Waals surface area contributed by atoms with E-state index in [4.69, 9.17) is 4.74 Å². The molecule has 2 aliphatic carbocycles. The third kappa shape index (κ3) is 1.07. The molecular formula is C13H20O2. The molecule has 2 bridgehead atoms. The van der Waals surface area contributed by atoms with Crippen molar-refractivity contribution in [2.45, 2.75) is 45.5 Å². The molecule has 2 heteroatoms. The van der Waals surface area contributed by atoms with Gasteiger partial charge < -0.3 is 9.84 Å². The quantitative estimate of drug-likeness (QED) is 0.619. The van der Waals surface area contributed by atoms with Gasteiger partial charge in [0, 0.05) is 11.8 Å². The van der Waals surface area contributed by atoms with Gasteiger partial charge >= 0.3 is 0 Å². The highest BCUT2D eigenvalue weighted by molar-refractivity contribution is 5.25. The van der Waals surface area contributed by atoms with E-state index in [1.165, 1.54) is 12.0 Å². The Bertz CT molecular complexity index is 312. The van der Waals surface area contributed by atoms with Crippen LogP contribution in [-0.4, -0.2) is 17.5 Å². The van der Waals surface area contributed by atoms with E-state index < -0.39 is 6.29 Å². The van der Waals surface area contributed by atoms with Crippen LogP contribution in [0.2, 0.25) is 0 Å². The topological polar surface area (TPSA) is 29.5 Å². The third-order valence-electron chi connectivity index (χ3n) is 5.35. The Balaban J connectivity index is 2.02. The predicted molar refractivity (Wildman–Crippen MR) is 58.1 cm³/mol. The van der Waals surface area contributed by atoms with Gasteiger partial charge in [0.25, 0.3) is 0 Å². The summed E-state index contributed by atoms with van der Waals surface area (Å²) < 4.78 is 5.68. The molecule has 0 aromatic heterocycles. The van der Waals surface area contributed by atoms with Crippen molar-refractivity contribution >= 4 is 0 Å². The molecular weight excluding hydrogens is 188 g/mol. The third-order valence-corrected chi connectivity index (χ3v) is 5.35. The molecule has 1 heterocycles. The van der Waals surface area contributed by atoms with Gasteiger partial charge in [0.2, 0.25) is 0 Å². The molecule has 3 aliphatic rings. The van der Waals surface area contributed by atoms with Crippen LogP contribution in [0.15, 0.2) is 12.2 Å². The van der Waals surface area contributed by atoms with Crippen molar-refractivity contribution in [2.75, 3.05) is 0 Å². The van der Waals surface area contributed by atoms with Crippen LogP contribution in [0.25, 0.3) is 0 Å². The van der Waals surface area contributed by atoms with E-state index >= 15 is 0 Å². The van der Waals surface area contributed by atoms with E-state index in [9.17, 15) is 5.11 Å². The van der Waals surface area contributed by atoms with Crippen LogP contribution in [0.3, 0.4) is 0 Å². The molecule has 1 aliphatic heterocycles. The van der Waals surface area contributed by atoms with Crippen LogP contribution in [0.4, 0.5) is 0 Å². The van der Waals surface area contributed by atoms with Crippen molar-refractivity contribution in [2.24, 2.45) is 23.2 Å². The predicted octanol–water partition coefficient (Wildman–Crippen LogP) is 2.33. The van der Waals surface area contributed by atoms with Gasteiger partial charge in [-0.1, -0.05) is 26.0 Å². The Morgan fingerprint density at radius 1 is 1.53 bits per heavy atom. The zero-order valence-electron chi connectivity index (χ0n) is 9.57. The van der Waals surface area contributed by atoms with Crippen molar-refractivity contribution in [1.29, 1.82) is 0 Å². The van der Waals surface area contributed by atoms with Crippen LogP contribution in [0.1, 0.15) is 33.1 Å². The van der Waals surface area contributed by atoms with Gasteiger partial charge in [0.05, 0.1) is 6.10 Å². The Hall–Kier alpha value is -0.340. The zero-order chi connectivity index (χ0) is 10.8. The average molecular weight is 208 g/mol. The molecule has 0 aromatic carbocycles. The SMILES string of the molecule is C=C1[C@H]2C3C[C@@H](C)[C@]1(C)CCC2[C@H](O)O3. The van der Waals surface area contributed by atoms with Crippen LogP contribution >= 0.6 is 0 Å². The number of hydrogen-bond acceptors (Lipinski definition) is 2. The first kappa shape index (κ1) is 9.86. The lowest BCUT2D eigenvalue weighted by molar-refractivity contribution is -0.111. The van der Waals surface area contributed by atoms with Gasteiger partial charge in [0.1, 0.15) is 0 Å². The van der Waals surface area contributed by atoms with Crippen LogP contribution < -0.4 is 0 Å². The average Bonchev–Trinajstić information content (AvgIpc) is 2.49. The molecule has 3 fully saturated rings. The van der Waals surface area contributed by atoms with Gasteiger partial charge in [-0.15, -0.1) is 0 Å². The number of hydrogen-bond donors (Lipinski definition) is 1. The Kier molecular flexibility index (Phi) is 1.88. The van der Waals surface area contributed by atoms with Crippen molar-refractivity contribution in [3.8, 4) is 0 Å². The van der Waals surface area contributed by atoms with E-state index in [0.29, 0.717) is 23.2 Å². The standard InChI is InChI=1S/C13H20O2/c1-7-6-10-11-8(2)13(7,3)5-4-9(11)12(14)15-10/h7,9-12,14H,2,4-6H2,1,3H3/t7-,9?,10?,11-,12-,13+/m1/s1. The lowest BCUT2D eigenvalue weighted by Crippen LogP contribution is -2.46. The van der Waals surface area contributed by atoms with Crippen molar-refractivity contribution in [1.82, 2.24) is 0 Å². The molecule has 0 amide bonds. The minimum atomic E-state index is -0.536. The molecule has 0 aromatic rings. The maximum Gasteiger partial charge on any atom is 0.158 e. The molecule has 1 saturated heterocycles. The first-order valence-electron chi connectivity index (χ1n) is 6.07. The fourth-order valence-electron chi connectivity index (χ4n) is 4.00. The first-order valence-corrected chi connectivity index (χ1v) is 6.07. The number of aliphatic hydroxyl groups is 1. The summed E-state index contributed by atoms with van der Waals surface area (Å²) in [6, 6.07) is 0. The van der Waals surface area contributed by atoms with Gasteiger partial charge in [-0.2, -0.15) is 0 Å². The summed E-state index contributed by atoms with van der Waals surface area (Å²) in [5, 5.41) is 9.87. The Morgan fingerprint density at radius 2 is 2.27 bits per heavy atom. The molecule has 84 valence electrons. The van der Waals surface area contributed by atoms with Crippen LogP contribution in [0.5, 0.6) is 0 Å². The summed E-state index contributed by atoms with van der Waals surface area (Å²) in [5.41, 5.74) is 1.64. The van der Waals surface area contributed by atoms with Crippen LogP contribution in [-0.2, 0) is 4.74 Å². The minimum Gasteiger partial charge on any atom is -0.368 e. The van der Waals surface area contributed by atoms with Crippen molar-refractivity contribution < 1.29 is 9.84 Å². The smallest absolute Gasteiger partial charge is 0.158 e. The zero-order valence-corrected chi connectivity index (χ0v) is 9.57. The number of fused-ring (bicyclic) bond motifs is 1. The van der Waals surface area contributed by atoms with Gasteiger partial charge in [-0.3, -0.25) is 0 Å². The molecule has 2 saturated carbocycles. The molecule has 3 rings (SSSR count). The number of rotatable bonds is 0. The molecule has 2 unspecified atom stereocenters. The first-order chi connectivity index (χ1) is 7.04. The minimum absolute atomic E-state index is 0.237. The molecule has 1 N–H and O–H groups in total. The lowest BCUT2D eigenvalue weighted by Gasteiger charge is -2.51. The normalized spacial score (nSPS) is 58.3. The van der Waals surface area contributed by atoms with E-state index in [1.807, 2.05) is 0 Å². The van der Waals surface area contributed by atoms with E-state index in [1.54, 1.807) is 0 Å². The summed E-state index contributed by atoms with van der Waals surface area (Å²) >= 11 is 0. The lowest BCUT2D eigenvalue weighted by atomic mass is 9.53. The Morgan fingerprint density at radius 3 is 3.00 bits per heavy atom. The van der Waals surface area contributed by atoms with E-state index in [-0.39, 0.29) is 6.10 Å². The Labute approximate surface area is 91.3 Å². The fourth-order valence-corrected chi connectivity index (χ4v) is 4.00. The van der Waals surface area contributed by atoms with Crippen molar-refractivity contribution in [3.63, 3.8) is 0 Å².